The lowest BCUT2D eigenvalue weighted by molar-refractivity contribution is 0.103. The molecule has 0 saturated carbocycles. The molecule has 1 aliphatic carbocycles. The Kier molecular flexibility index (Phi) is 5.19. The van der Waals surface area contributed by atoms with E-state index in [0.717, 1.165) is 43.8 Å². The largest absolute Gasteiger partial charge is 0.289 e. The van der Waals surface area contributed by atoms with E-state index in [2.05, 4.69) is 24.3 Å². The number of hydrogen-bond acceptors (Lipinski definition) is 2. The van der Waals surface area contributed by atoms with E-state index in [-0.39, 0.29) is 11.6 Å². The number of allylic oxidation sites excluding steroid dienone is 1. The lowest BCUT2D eigenvalue weighted by Gasteiger charge is -2.14. The molecule has 0 fully saturated rings. The van der Waals surface area contributed by atoms with Crippen molar-refractivity contribution in [3.63, 3.8) is 0 Å². The van der Waals surface area contributed by atoms with Crippen LogP contribution >= 0.6 is 0 Å². The second-order valence-electron chi connectivity index (χ2n) is 7.68. The van der Waals surface area contributed by atoms with E-state index in [0.29, 0.717) is 0 Å². The smallest absolute Gasteiger partial charge is 0.193 e. The summed E-state index contributed by atoms with van der Waals surface area (Å²) < 4.78 is 0. The van der Waals surface area contributed by atoms with Crippen LogP contribution in [0, 0.1) is 0 Å². The lowest BCUT2D eigenvalue weighted by Crippen LogP contribution is -2.02. The van der Waals surface area contributed by atoms with Crippen molar-refractivity contribution >= 4 is 39.2 Å². The van der Waals surface area contributed by atoms with Crippen LogP contribution in [-0.2, 0) is 0 Å². The van der Waals surface area contributed by atoms with Crippen molar-refractivity contribution in [2.45, 2.75) is 0 Å². The minimum Gasteiger partial charge on any atom is -0.289 e. The standard InChI is InChI=1S/C17H10O.C13H10O/c18-15-9-8-11-5-3-6-13-10-12-4-1-2-7-14(12)17(15)16(11)13;14-13(11-7-3-1-4-8-11)12-9-5-2-6-10-12/h1-10H;1-10H. The highest BCUT2D eigenvalue weighted by Crippen LogP contribution is 2.34. The predicted molar refractivity (Wildman–Crippen MR) is 131 cm³/mol. The number of fused-ring (bicyclic) bond motifs is 2. The van der Waals surface area contributed by atoms with Crippen LogP contribution in [0.1, 0.15) is 31.8 Å². The summed E-state index contributed by atoms with van der Waals surface area (Å²) in [5, 5.41) is 4.40. The molecule has 0 heterocycles. The fourth-order valence-electron chi connectivity index (χ4n) is 4.14. The van der Waals surface area contributed by atoms with Gasteiger partial charge in [-0.1, -0.05) is 109 Å². The Bertz CT molecular complexity index is 1440. The minimum atomic E-state index is 0.0752. The van der Waals surface area contributed by atoms with Crippen molar-refractivity contribution in [2.75, 3.05) is 0 Å². The van der Waals surface area contributed by atoms with Crippen LogP contribution in [0.3, 0.4) is 0 Å². The Balaban J connectivity index is 0.000000140. The molecule has 2 heteroatoms. The average molecular weight is 412 g/mol. The first-order valence-corrected chi connectivity index (χ1v) is 10.5. The molecule has 1 aliphatic rings. The van der Waals surface area contributed by atoms with Gasteiger partial charge in [-0.3, -0.25) is 9.59 Å². The Morgan fingerprint density at radius 2 is 1.16 bits per heavy atom. The van der Waals surface area contributed by atoms with Crippen molar-refractivity contribution in [2.24, 2.45) is 0 Å². The van der Waals surface area contributed by atoms with Gasteiger partial charge in [0.25, 0.3) is 0 Å². The molecule has 5 aromatic rings. The van der Waals surface area contributed by atoms with Gasteiger partial charge in [0.1, 0.15) is 0 Å². The van der Waals surface area contributed by atoms with Gasteiger partial charge in [0.05, 0.1) is 0 Å². The molecule has 0 saturated heterocycles. The summed E-state index contributed by atoms with van der Waals surface area (Å²) in [6, 6.07) is 35.0. The van der Waals surface area contributed by atoms with Crippen LogP contribution < -0.4 is 0 Å². The van der Waals surface area contributed by atoms with E-state index in [1.54, 1.807) is 6.08 Å². The Morgan fingerprint density at radius 1 is 0.562 bits per heavy atom. The summed E-state index contributed by atoms with van der Waals surface area (Å²) in [6.07, 6.45) is 3.58. The molecule has 0 atom stereocenters. The van der Waals surface area contributed by atoms with E-state index < -0.39 is 0 Å². The van der Waals surface area contributed by atoms with Crippen LogP contribution in [0.4, 0.5) is 0 Å². The molecule has 0 aliphatic heterocycles. The number of carbonyl (C=O) groups is 2. The molecule has 0 amide bonds. The molecular formula is C30H20O2. The van der Waals surface area contributed by atoms with E-state index >= 15 is 0 Å². The number of ketones is 2. The molecule has 0 radical (unpaired) electrons. The number of hydrogen-bond donors (Lipinski definition) is 0. The lowest BCUT2D eigenvalue weighted by atomic mass is 9.88. The first-order valence-electron chi connectivity index (χ1n) is 10.5. The van der Waals surface area contributed by atoms with Gasteiger partial charge in [-0.25, -0.2) is 0 Å². The predicted octanol–water partition coefficient (Wildman–Crippen LogP) is 7.12. The molecular weight excluding hydrogens is 392 g/mol. The minimum absolute atomic E-state index is 0.0752. The van der Waals surface area contributed by atoms with Gasteiger partial charge < -0.3 is 0 Å². The van der Waals surface area contributed by atoms with Gasteiger partial charge in [0, 0.05) is 22.1 Å². The van der Waals surface area contributed by atoms with E-state index in [1.165, 1.54) is 0 Å². The third kappa shape index (κ3) is 3.63. The normalized spacial score (nSPS) is 11.8. The summed E-state index contributed by atoms with van der Waals surface area (Å²) in [5.74, 6) is 0.182. The molecule has 6 rings (SSSR count). The second-order valence-corrected chi connectivity index (χ2v) is 7.68. The first kappa shape index (κ1) is 19.7. The maximum Gasteiger partial charge on any atom is 0.193 e. The van der Waals surface area contributed by atoms with E-state index in [9.17, 15) is 9.59 Å². The van der Waals surface area contributed by atoms with Gasteiger partial charge in [-0.15, -0.1) is 0 Å². The summed E-state index contributed by atoms with van der Waals surface area (Å²) in [6.45, 7) is 0. The Morgan fingerprint density at radius 3 is 1.84 bits per heavy atom. The molecule has 0 spiro atoms. The zero-order valence-electron chi connectivity index (χ0n) is 17.4. The second kappa shape index (κ2) is 8.44. The molecule has 0 unspecified atom stereocenters. The van der Waals surface area contributed by atoms with E-state index in [4.69, 9.17) is 0 Å². The summed E-state index contributed by atoms with van der Waals surface area (Å²) >= 11 is 0. The van der Waals surface area contributed by atoms with Gasteiger partial charge >= 0.3 is 0 Å². The fraction of sp³-hybridized carbons (Fsp3) is 0. The van der Waals surface area contributed by atoms with Crippen molar-refractivity contribution < 1.29 is 9.59 Å². The van der Waals surface area contributed by atoms with Crippen molar-refractivity contribution in [1.82, 2.24) is 0 Å². The zero-order valence-corrected chi connectivity index (χ0v) is 17.4. The molecule has 0 bridgehead atoms. The molecule has 0 aromatic heterocycles. The highest BCUT2D eigenvalue weighted by Gasteiger charge is 2.17. The van der Waals surface area contributed by atoms with Crippen LogP contribution in [0.5, 0.6) is 0 Å². The van der Waals surface area contributed by atoms with Crippen molar-refractivity contribution in [3.05, 3.63) is 138 Å². The monoisotopic (exact) mass is 412 g/mol. The quantitative estimate of drug-likeness (QED) is 0.228. The maximum absolute atomic E-state index is 12.2. The van der Waals surface area contributed by atoms with Crippen LogP contribution in [0.15, 0.2) is 115 Å². The molecule has 2 nitrogen and oxygen atoms in total. The van der Waals surface area contributed by atoms with E-state index in [1.807, 2.05) is 91.0 Å². The SMILES string of the molecule is O=C(c1ccccc1)c1ccccc1.O=C1C=Cc2cccc3cc4ccccc4c1c23. The fourth-order valence-corrected chi connectivity index (χ4v) is 4.14. The summed E-state index contributed by atoms with van der Waals surface area (Å²) in [7, 11) is 0. The van der Waals surface area contributed by atoms with Gasteiger partial charge in [0.2, 0.25) is 0 Å². The Hall–Kier alpha value is -4.30. The number of benzene rings is 5. The molecule has 0 N–H and O–H groups in total. The van der Waals surface area contributed by atoms with Crippen LogP contribution in [0.2, 0.25) is 0 Å². The zero-order chi connectivity index (χ0) is 21.9. The third-order valence-electron chi connectivity index (χ3n) is 5.65. The summed E-state index contributed by atoms with van der Waals surface area (Å²) in [4.78, 5) is 24.0. The van der Waals surface area contributed by atoms with Crippen LogP contribution in [-0.4, -0.2) is 11.6 Å². The average Bonchev–Trinajstić information content (AvgIpc) is 2.86. The van der Waals surface area contributed by atoms with Crippen molar-refractivity contribution in [1.29, 1.82) is 0 Å². The first-order chi connectivity index (χ1) is 15.7. The number of carbonyl (C=O) groups excluding carboxylic acids is 2. The molecule has 5 aromatic carbocycles. The topological polar surface area (TPSA) is 34.1 Å². The summed E-state index contributed by atoms with van der Waals surface area (Å²) in [5.41, 5.74) is 3.45. The van der Waals surface area contributed by atoms with Gasteiger partial charge in [-0.05, 0) is 33.9 Å². The van der Waals surface area contributed by atoms with Gasteiger partial charge in [-0.2, -0.15) is 0 Å². The maximum atomic E-state index is 12.2. The third-order valence-corrected chi connectivity index (χ3v) is 5.65. The molecule has 32 heavy (non-hydrogen) atoms. The van der Waals surface area contributed by atoms with Crippen molar-refractivity contribution in [3.8, 4) is 0 Å². The highest BCUT2D eigenvalue weighted by atomic mass is 16.1. The van der Waals surface area contributed by atoms with Crippen LogP contribution in [0.25, 0.3) is 27.6 Å². The van der Waals surface area contributed by atoms with Gasteiger partial charge in [0.15, 0.2) is 11.6 Å². The highest BCUT2D eigenvalue weighted by molar-refractivity contribution is 6.27. The number of rotatable bonds is 2. The molecule has 152 valence electrons. The Labute approximate surface area is 186 Å².